The van der Waals surface area contributed by atoms with Gasteiger partial charge in [-0.2, -0.15) is 0 Å². The Balaban J connectivity index is 1.55. The van der Waals surface area contributed by atoms with Gasteiger partial charge in [-0.3, -0.25) is 10.1 Å². The highest BCUT2D eigenvalue weighted by Gasteiger charge is 2.28. The van der Waals surface area contributed by atoms with Gasteiger partial charge in [0.1, 0.15) is 17.6 Å². The molecule has 2 aliphatic heterocycles. The van der Waals surface area contributed by atoms with E-state index in [-0.39, 0.29) is 19.1 Å². The van der Waals surface area contributed by atoms with Crippen LogP contribution in [0.1, 0.15) is 16.8 Å². The zero-order chi connectivity index (χ0) is 16.8. The van der Waals surface area contributed by atoms with Crippen LogP contribution in [0.15, 0.2) is 42.5 Å². The Kier molecular flexibility index (Phi) is 3.16. The van der Waals surface area contributed by atoms with Crippen molar-refractivity contribution in [2.45, 2.75) is 19.5 Å². The number of benzene rings is 2. The number of hydrogen-bond acceptors (Lipinski definition) is 4. The number of carbonyl (C=O) groups excluding carboxylic acids is 1. The van der Waals surface area contributed by atoms with Crippen LogP contribution in [-0.4, -0.2) is 23.7 Å². The summed E-state index contributed by atoms with van der Waals surface area (Å²) in [5, 5.41) is 3.45. The minimum absolute atomic E-state index is 0.0508. The monoisotopic (exact) mass is 336 g/mol. The molecule has 0 unspecified atom stereocenters. The number of hydrogen-bond donors (Lipinski definition) is 1. The zero-order valence-corrected chi connectivity index (χ0v) is 13.7. The minimum Gasteiger partial charge on any atom is -0.454 e. The molecule has 0 bridgehead atoms. The van der Waals surface area contributed by atoms with E-state index in [0.717, 1.165) is 36.5 Å². The number of para-hydroxylation sites is 2. The highest BCUT2D eigenvalue weighted by Crippen LogP contribution is 2.33. The molecule has 0 spiro atoms. The first-order valence-electron chi connectivity index (χ1n) is 8.49. The summed E-state index contributed by atoms with van der Waals surface area (Å²) in [5.41, 5.74) is 2.86. The number of rotatable bonds is 3. The molecule has 6 nitrogen and oxygen atoms in total. The summed E-state index contributed by atoms with van der Waals surface area (Å²) >= 11 is 0. The fourth-order valence-corrected chi connectivity index (χ4v) is 3.61. The summed E-state index contributed by atoms with van der Waals surface area (Å²) < 4.78 is 15.0. The molecule has 2 aliphatic rings. The molecule has 0 aliphatic carbocycles. The lowest BCUT2D eigenvalue weighted by atomic mass is 10.1. The third-order valence-electron chi connectivity index (χ3n) is 4.81. The van der Waals surface area contributed by atoms with E-state index in [1.807, 2.05) is 12.1 Å². The second-order valence-corrected chi connectivity index (χ2v) is 6.32. The van der Waals surface area contributed by atoms with Crippen molar-refractivity contribution in [3.63, 3.8) is 0 Å². The summed E-state index contributed by atoms with van der Waals surface area (Å²) in [5.74, 6) is 2.38. The maximum atomic E-state index is 12.9. The molecule has 0 radical (unpaired) electrons. The second kappa shape index (κ2) is 5.51. The standard InChI is InChI=1S/C19H17N3O3/c23-16(13-6-7-17-18(10-13)25-12-24-17)11-22-15-5-2-1-4-14(15)21-9-3-8-20-19(21)22/h1-2,4-7,10H,3,8-9,11-12H2/p+1. The molecule has 0 fully saturated rings. The van der Waals surface area contributed by atoms with Crippen LogP contribution < -0.4 is 19.4 Å². The number of anilines is 1. The van der Waals surface area contributed by atoms with Gasteiger partial charge in [0.25, 0.3) is 0 Å². The quantitative estimate of drug-likeness (QED) is 0.589. The molecule has 5 rings (SSSR count). The predicted octanol–water partition coefficient (Wildman–Crippen LogP) is 2.36. The van der Waals surface area contributed by atoms with Crippen LogP contribution in [0.25, 0.3) is 11.0 Å². The number of nitrogens with one attached hydrogen (secondary N) is 1. The van der Waals surface area contributed by atoms with Crippen LogP contribution in [0.5, 0.6) is 11.5 Å². The molecule has 0 saturated carbocycles. The Labute approximate surface area is 144 Å². The van der Waals surface area contributed by atoms with Crippen LogP contribution in [0.2, 0.25) is 0 Å². The number of imidazole rings is 1. The average molecular weight is 336 g/mol. The third kappa shape index (κ3) is 2.25. The lowest BCUT2D eigenvalue weighted by Crippen LogP contribution is -2.42. The van der Waals surface area contributed by atoms with Crippen molar-refractivity contribution in [3.05, 3.63) is 48.0 Å². The molecule has 1 N–H and O–H groups in total. The molecular weight excluding hydrogens is 318 g/mol. The van der Waals surface area contributed by atoms with E-state index in [9.17, 15) is 4.79 Å². The van der Waals surface area contributed by atoms with Crippen LogP contribution in [-0.2, 0) is 13.1 Å². The fourth-order valence-electron chi connectivity index (χ4n) is 3.61. The van der Waals surface area contributed by atoms with Gasteiger partial charge in [-0.05, 0) is 30.3 Å². The Morgan fingerprint density at radius 1 is 1.16 bits per heavy atom. The second-order valence-electron chi connectivity index (χ2n) is 6.32. The summed E-state index contributed by atoms with van der Waals surface area (Å²) in [6.45, 7) is 2.39. The zero-order valence-electron chi connectivity index (χ0n) is 13.7. The maximum absolute atomic E-state index is 12.9. The summed E-state index contributed by atoms with van der Waals surface area (Å²) in [6.07, 6.45) is 1.09. The first-order chi connectivity index (χ1) is 12.3. The highest BCUT2D eigenvalue weighted by molar-refractivity contribution is 5.97. The smallest absolute Gasteiger partial charge is 0.358 e. The molecule has 0 amide bonds. The normalized spacial score (nSPS) is 15.0. The summed E-state index contributed by atoms with van der Waals surface area (Å²) in [6, 6.07) is 13.6. The molecule has 3 aromatic rings. The van der Waals surface area contributed by atoms with Crippen molar-refractivity contribution in [2.75, 3.05) is 18.7 Å². The Hall–Kier alpha value is -3.02. The third-order valence-corrected chi connectivity index (χ3v) is 4.81. The van der Waals surface area contributed by atoms with E-state index in [2.05, 4.69) is 26.6 Å². The largest absolute Gasteiger partial charge is 0.454 e. The van der Waals surface area contributed by atoms with E-state index in [1.54, 1.807) is 18.2 Å². The van der Waals surface area contributed by atoms with Crippen LogP contribution in [0, 0.1) is 0 Å². The molecule has 1 aromatic heterocycles. The molecular formula is C19H18N3O3+. The maximum Gasteiger partial charge on any atom is 0.358 e. The number of carbonyl (C=O) groups is 1. The Morgan fingerprint density at radius 2 is 2.04 bits per heavy atom. The van der Waals surface area contributed by atoms with Gasteiger partial charge in [0.15, 0.2) is 17.3 Å². The predicted molar refractivity (Wildman–Crippen MR) is 92.1 cm³/mol. The molecule has 3 heterocycles. The molecule has 25 heavy (non-hydrogen) atoms. The number of fused-ring (bicyclic) bond motifs is 4. The van der Waals surface area contributed by atoms with Crippen LogP contribution in [0.4, 0.5) is 5.95 Å². The number of nitrogens with zero attached hydrogens (tertiary/aromatic N) is 2. The van der Waals surface area contributed by atoms with Crippen LogP contribution in [0.3, 0.4) is 0 Å². The topological polar surface area (TPSA) is 56.4 Å². The SMILES string of the molecule is O=C(Cn1c2[n+](c3ccccc31)CCCN2)c1ccc2c(c1)OCO2. The molecule has 2 aromatic carbocycles. The minimum atomic E-state index is 0.0508. The molecule has 0 atom stereocenters. The lowest BCUT2D eigenvalue weighted by molar-refractivity contribution is -0.661. The number of ketones is 1. The van der Waals surface area contributed by atoms with Crippen molar-refractivity contribution in [1.29, 1.82) is 0 Å². The van der Waals surface area contributed by atoms with Gasteiger partial charge in [-0.1, -0.05) is 12.1 Å². The van der Waals surface area contributed by atoms with Crippen molar-refractivity contribution in [2.24, 2.45) is 0 Å². The van der Waals surface area contributed by atoms with Crippen molar-refractivity contribution in [3.8, 4) is 11.5 Å². The highest BCUT2D eigenvalue weighted by atomic mass is 16.7. The summed E-state index contributed by atoms with van der Waals surface area (Å²) in [7, 11) is 0. The first-order valence-corrected chi connectivity index (χ1v) is 8.49. The fraction of sp³-hybridized carbons (Fsp3) is 0.263. The van der Waals surface area contributed by atoms with Crippen molar-refractivity contribution in [1.82, 2.24) is 4.57 Å². The van der Waals surface area contributed by atoms with E-state index in [0.29, 0.717) is 17.1 Å². The van der Waals surface area contributed by atoms with E-state index < -0.39 is 0 Å². The molecule has 6 heteroatoms. The van der Waals surface area contributed by atoms with Gasteiger partial charge in [0.2, 0.25) is 6.79 Å². The number of aromatic nitrogens is 2. The van der Waals surface area contributed by atoms with Gasteiger partial charge >= 0.3 is 5.95 Å². The van der Waals surface area contributed by atoms with Gasteiger partial charge in [0.05, 0.1) is 13.1 Å². The molecule has 0 saturated heterocycles. The summed E-state index contributed by atoms with van der Waals surface area (Å²) in [4.78, 5) is 12.9. The first kappa shape index (κ1) is 14.3. The van der Waals surface area contributed by atoms with E-state index in [1.165, 1.54) is 0 Å². The Morgan fingerprint density at radius 3 is 3.00 bits per heavy atom. The van der Waals surface area contributed by atoms with E-state index >= 15 is 0 Å². The van der Waals surface area contributed by atoms with E-state index in [4.69, 9.17) is 9.47 Å². The van der Waals surface area contributed by atoms with Gasteiger partial charge < -0.3 is 9.47 Å². The van der Waals surface area contributed by atoms with Crippen LogP contribution >= 0.6 is 0 Å². The lowest BCUT2D eigenvalue weighted by Gasteiger charge is -2.11. The van der Waals surface area contributed by atoms with Gasteiger partial charge in [0, 0.05) is 12.0 Å². The van der Waals surface area contributed by atoms with Crippen molar-refractivity contribution >= 4 is 22.8 Å². The number of aryl methyl sites for hydroxylation is 1. The van der Waals surface area contributed by atoms with Crippen molar-refractivity contribution < 1.29 is 18.8 Å². The number of Topliss-reactive ketones (excluding diaryl/α,β-unsaturated/α-hetero) is 1. The average Bonchev–Trinajstić information content (AvgIpc) is 3.25. The number of ether oxygens (including phenoxy) is 2. The van der Waals surface area contributed by atoms with Gasteiger partial charge in [-0.15, -0.1) is 0 Å². The molecule has 126 valence electrons. The van der Waals surface area contributed by atoms with Gasteiger partial charge in [-0.25, -0.2) is 9.13 Å². The Bertz CT molecular complexity index is 993.